The van der Waals surface area contributed by atoms with Gasteiger partial charge in [0, 0.05) is 18.4 Å². The lowest BCUT2D eigenvalue weighted by atomic mass is 10.1. The number of aryl methyl sites for hydroxylation is 1. The summed E-state index contributed by atoms with van der Waals surface area (Å²) < 4.78 is 0. The Morgan fingerprint density at radius 1 is 1.30 bits per heavy atom. The highest BCUT2D eigenvalue weighted by Gasteiger charge is 2.32. The molecule has 1 aliphatic heterocycles. The van der Waals surface area contributed by atoms with Crippen LogP contribution >= 0.6 is 0 Å². The number of carbonyl (C=O) groups excluding carboxylic acids is 3. The van der Waals surface area contributed by atoms with Gasteiger partial charge < -0.3 is 4.84 Å². The zero-order valence-electron chi connectivity index (χ0n) is 10.8. The molecule has 0 bridgehead atoms. The molecule has 0 spiro atoms. The summed E-state index contributed by atoms with van der Waals surface area (Å²) in [5.41, 5.74) is 1.64. The first kappa shape index (κ1) is 13.8. The molecule has 0 atom stereocenters. The Bertz CT molecular complexity index is 584. The zero-order chi connectivity index (χ0) is 14.5. The maximum atomic E-state index is 11.6. The van der Waals surface area contributed by atoms with E-state index >= 15 is 0 Å². The number of benzene rings is 1. The molecule has 1 aromatic rings. The Morgan fingerprint density at radius 3 is 2.65 bits per heavy atom. The number of hydrogen-bond donors (Lipinski definition) is 0. The van der Waals surface area contributed by atoms with E-state index in [1.165, 1.54) is 0 Å². The van der Waals surface area contributed by atoms with Crippen molar-refractivity contribution >= 4 is 17.8 Å². The van der Waals surface area contributed by atoms with Crippen LogP contribution in [-0.2, 0) is 25.6 Å². The molecule has 2 amide bonds. The van der Waals surface area contributed by atoms with Gasteiger partial charge >= 0.3 is 5.97 Å². The fourth-order valence-corrected chi connectivity index (χ4v) is 1.87. The van der Waals surface area contributed by atoms with Crippen molar-refractivity contribution in [3.63, 3.8) is 0 Å². The highest BCUT2D eigenvalue weighted by atomic mass is 16.7. The van der Waals surface area contributed by atoms with Gasteiger partial charge in [0.15, 0.2) is 0 Å². The van der Waals surface area contributed by atoms with E-state index in [4.69, 9.17) is 11.3 Å². The van der Waals surface area contributed by atoms with Crippen LogP contribution in [0.5, 0.6) is 0 Å². The van der Waals surface area contributed by atoms with Crippen LogP contribution in [0.25, 0.3) is 0 Å². The standard InChI is InChI=1S/C15H13NO4/c1-2-11-4-3-5-12(10-11)6-9-15(19)20-16-13(17)7-8-14(16)18/h1,3-5,10H,6-9H2. The average molecular weight is 271 g/mol. The summed E-state index contributed by atoms with van der Waals surface area (Å²) in [6, 6.07) is 7.26. The lowest BCUT2D eigenvalue weighted by molar-refractivity contribution is -0.197. The van der Waals surface area contributed by atoms with Crippen molar-refractivity contribution < 1.29 is 19.2 Å². The van der Waals surface area contributed by atoms with Crippen LogP contribution in [0.3, 0.4) is 0 Å². The molecule has 0 N–H and O–H groups in total. The van der Waals surface area contributed by atoms with Gasteiger partial charge in [-0.2, -0.15) is 0 Å². The van der Waals surface area contributed by atoms with E-state index in [0.717, 1.165) is 11.1 Å². The maximum absolute atomic E-state index is 11.6. The molecule has 20 heavy (non-hydrogen) atoms. The van der Waals surface area contributed by atoms with E-state index in [2.05, 4.69) is 5.92 Å². The Hall–Kier alpha value is -2.61. The predicted molar refractivity (Wildman–Crippen MR) is 69.9 cm³/mol. The molecule has 0 aliphatic carbocycles. The molecule has 0 unspecified atom stereocenters. The summed E-state index contributed by atoms with van der Waals surface area (Å²) in [5.74, 6) is 0.951. The fraction of sp³-hybridized carbons (Fsp3) is 0.267. The number of amides is 2. The molecular weight excluding hydrogens is 258 g/mol. The van der Waals surface area contributed by atoms with Gasteiger partial charge in [-0.15, -0.1) is 11.5 Å². The largest absolute Gasteiger partial charge is 0.333 e. The van der Waals surface area contributed by atoms with Crippen LogP contribution in [0.1, 0.15) is 30.4 Å². The number of nitrogens with zero attached hydrogens (tertiary/aromatic N) is 1. The number of hydroxylamine groups is 2. The van der Waals surface area contributed by atoms with E-state index in [-0.39, 0.29) is 19.3 Å². The van der Waals surface area contributed by atoms with Gasteiger partial charge in [-0.1, -0.05) is 18.1 Å². The molecule has 5 nitrogen and oxygen atoms in total. The number of terminal acetylenes is 1. The number of rotatable bonds is 4. The summed E-state index contributed by atoms with van der Waals surface area (Å²) in [6.45, 7) is 0. The molecule has 0 radical (unpaired) electrons. The molecule has 1 saturated heterocycles. The highest BCUT2D eigenvalue weighted by Crippen LogP contribution is 2.13. The third-order valence-corrected chi connectivity index (χ3v) is 2.91. The van der Waals surface area contributed by atoms with E-state index in [1.54, 1.807) is 12.1 Å². The third kappa shape index (κ3) is 3.23. The van der Waals surface area contributed by atoms with E-state index in [9.17, 15) is 14.4 Å². The van der Waals surface area contributed by atoms with Gasteiger partial charge in [0.25, 0.3) is 11.8 Å². The molecule has 1 fully saturated rings. The lowest BCUT2D eigenvalue weighted by Crippen LogP contribution is -2.32. The minimum absolute atomic E-state index is 0.0745. The first-order valence-electron chi connectivity index (χ1n) is 6.22. The first-order chi connectivity index (χ1) is 9.60. The van der Waals surface area contributed by atoms with Gasteiger partial charge in [0.05, 0.1) is 6.42 Å². The predicted octanol–water partition coefficient (Wildman–Crippen LogP) is 1.21. The molecule has 102 valence electrons. The molecule has 1 aromatic carbocycles. The normalized spacial score (nSPS) is 14.2. The van der Waals surface area contributed by atoms with Crippen molar-refractivity contribution in [2.24, 2.45) is 0 Å². The molecule has 0 aromatic heterocycles. The average Bonchev–Trinajstić information content (AvgIpc) is 2.77. The van der Waals surface area contributed by atoms with Crippen molar-refractivity contribution in [1.82, 2.24) is 5.06 Å². The summed E-state index contributed by atoms with van der Waals surface area (Å²) in [6.07, 6.45) is 5.99. The monoisotopic (exact) mass is 271 g/mol. The van der Waals surface area contributed by atoms with Crippen molar-refractivity contribution in [3.8, 4) is 12.3 Å². The zero-order valence-corrected chi connectivity index (χ0v) is 10.8. The van der Waals surface area contributed by atoms with Crippen molar-refractivity contribution in [2.45, 2.75) is 25.7 Å². The number of carbonyl (C=O) groups is 3. The number of hydrogen-bond acceptors (Lipinski definition) is 4. The Balaban J connectivity index is 1.87. The van der Waals surface area contributed by atoms with Crippen LogP contribution in [0, 0.1) is 12.3 Å². The summed E-state index contributed by atoms with van der Waals surface area (Å²) in [4.78, 5) is 38.9. The molecule has 1 heterocycles. The topological polar surface area (TPSA) is 63.7 Å². The van der Waals surface area contributed by atoms with Gasteiger partial charge in [0.2, 0.25) is 0 Å². The fourth-order valence-electron chi connectivity index (χ4n) is 1.87. The van der Waals surface area contributed by atoms with Crippen LogP contribution in [-0.4, -0.2) is 22.8 Å². The first-order valence-corrected chi connectivity index (χ1v) is 6.22. The smallest absolute Gasteiger partial charge is 0.330 e. The molecule has 0 saturated carbocycles. The van der Waals surface area contributed by atoms with Gasteiger partial charge in [0.1, 0.15) is 0 Å². The van der Waals surface area contributed by atoms with Crippen molar-refractivity contribution in [2.75, 3.05) is 0 Å². The van der Waals surface area contributed by atoms with Crippen LogP contribution in [0.4, 0.5) is 0 Å². The van der Waals surface area contributed by atoms with Gasteiger partial charge in [-0.25, -0.2) is 4.79 Å². The molecule has 2 rings (SSSR count). The molecular formula is C15H13NO4. The Morgan fingerprint density at radius 2 is 2.00 bits per heavy atom. The van der Waals surface area contributed by atoms with Crippen molar-refractivity contribution in [3.05, 3.63) is 35.4 Å². The second-order valence-electron chi connectivity index (χ2n) is 4.39. The Labute approximate surface area is 116 Å². The van der Waals surface area contributed by atoms with E-state index in [0.29, 0.717) is 11.5 Å². The lowest BCUT2D eigenvalue weighted by Gasteiger charge is -2.12. The van der Waals surface area contributed by atoms with Crippen molar-refractivity contribution in [1.29, 1.82) is 0 Å². The minimum atomic E-state index is -0.611. The minimum Gasteiger partial charge on any atom is -0.330 e. The third-order valence-electron chi connectivity index (χ3n) is 2.91. The SMILES string of the molecule is C#Cc1cccc(CCC(=O)ON2C(=O)CCC2=O)c1. The van der Waals surface area contributed by atoms with Gasteiger partial charge in [-0.05, 0) is 24.1 Å². The molecule has 5 heteroatoms. The molecule has 1 aliphatic rings. The quantitative estimate of drug-likeness (QED) is 0.610. The van der Waals surface area contributed by atoms with E-state index < -0.39 is 17.8 Å². The number of imide groups is 1. The maximum Gasteiger partial charge on any atom is 0.333 e. The van der Waals surface area contributed by atoms with Crippen LogP contribution in [0.2, 0.25) is 0 Å². The second-order valence-corrected chi connectivity index (χ2v) is 4.39. The summed E-state index contributed by atoms with van der Waals surface area (Å²) in [7, 11) is 0. The summed E-state index contributed by atoms with van der Waals surface area (Å²) >= 11 is 0. The van der Waals surface area contributed by atoms with E-state index in [1.807, 2.05) is 12.1 Å². The summed E-state index contributed by atoms with van der Waals surface area (Å²) in [5, 5.41) is 0.556. The second kappa shape index (κ2) is 6.02. The van der Waals surface area contributed by atoms with Crippen LogP contribution < -0.4 is 0 Å². The highest BCUT2D eigenvalue weighted by molar-refractivity contribution is 6.01. The van der Waals surface area contributed by atoms with Gasteiger partial charge in [-0.3, -0.25) is 9.59 Å². The van der Waals surface area contributed by atoms with Crippen LogP contribution in [0.15, 0.2) is 24.3 Å². The Kier molecular flexibility index (Phi) is 4.16.